The quantitative estimate of drug-likeness (QED) is 0.586. The standard InChI is InChI=1S/C16H14BrFN2O4/c1-9(21)19-13(7-8-17)14(20(10(2)22)16(19)24)15(23)11-3-5-12(18)6-4-11/h3-6H,7-8H2,1-2H3. The number of ketones is 1. The molecule has 1 aromatic heterocycles. The Kier molecular flexibility index (Phi) is 5.28. The monoisotopic (exact) mass is 396 g/mol. The molecule has 0 fully saturated rings. The molecule has 0 N–H and O–H groups in total. The molecule has 24 heavy (non-hydrogen) atoms. The predicted molar refractivity (Wildman–Crippen MR) is 88.6 cm³/mol. The van der Waals surface area contributed by atoms with Crippen molar-refractivity contribution in [1.29, 1.82) is 0 Å². The van der Waals surface area contributed by atoms with Crippen LogP contribution in [0.15, 0.2) is 29.1 Å². The second-order valence-electron chi connectivity index (χ2n) is 5.06. The minimum Gasteiger partial charge on any atom is -0.287 e. The molecule has 0 aliphatic heterocycles. The summed E-state index contributed by atoms with van der Waals surface area (Å²) in [6.07, 6.45) is 0.192. The highest BCUT2D eigenvalue weighted by atomic mass is 79.9. The molecule has 2 aromatic rings. The van der Waals surface area contributed by atoms with Gasteiger partial charge in [-0.05, 0) is 24.3 Å². The van der Waals surface area contributed by atoms with E-state index < -0.39 is 29.1 Å². The first-order valence-electron chi connectivity index (χ1n) is 7.04. The Morgan fingerprint density at radius 2 is 1.58 bits per heavy atom. The maximum Gasteiger partial charge on any atom is 0.342 e. The van der Waals surface area contributed by atoms with Crippen LogP contribution in [0.25, 0.3) is 0 Å². The van der Waals surface area contributed by atoms with Gasteiger partial charge in [0.05, 0.1) is 5.69 Å². The summed E-state index contributed by atoms with van der Waals surface area (Å²) in [5.74, 6) is -2.42. The van der Waals surface area contributed by atoms with Crippen LogP contribution in [0.4, 0.5) is 4.39 Å². The average molecular weight is 397 g/mol. The first-order valence-corrected chi connectivity index (χ1v) is 8.16. The van der Waals surface area contributed by atoms with Crippen molar-refractivity contribution in [3.8, 4) is 0 Å². The van der Waals surface area contributed by atoms with Gasteiger partial charge in [0.25, 0.3) is 0 Å². The van der Waals surface area contributed by atoms with Crippen LogP contribution < -0.4 is 5.69 Å². The third kappa shape index (κ3) is 3.14. The summed E-state index contributed by atoms with van der Waals surface area (Å²) in [5.41, 5.74) is -0.790. The van der Waals surface area contributed by atoms with Crippen LogP contribution in [-0.4, -0.2) is 32.1 Å². The Bertz CT molecular complexity index is 881. The molecule has 6 nitrogen and oxygen atoms in total. The van der Waals surface area contributed by atoms with E-state index >= 15 is 0 Å². The Morgan fingerprint density at radius 1 is 1.04 bits per heavy atom. The minimum absolute atomic E-state index is 0.114. The summed E-state index contributed by atoms with van der Waals surface area (Å²) < 4.78 is 14.6. The van der Waals surface area contributed by atoms with Crippen molar-refractivity contribution in [2.75, 3.05) is 5.33 Å². The number of aromatic nitrogens is 2. The van der Waals surface area contributed by atoms with Crippen LogP contribution in [0.1, 0.15) is 45.2 Å². The fraction of sp³-hybridized carbons (Fsp3) is 0.250. The minimum atomic E-state index is -0.878. The van der Waals surface area contributed by atoms with Gasteiger partial charge >= 0.3 is 5.69 Å². The summed E-state index contributed by atoms with van der Waals surface area (Å²) in [4.78, 5) is 48.9. The van der Waals surface area contributed by atoms with E-state index in [9.17, 15) is 23.6 Å². The van der Waals surface area contributed by atoms with Gasteiger partial charge in [-0.3, -0.25) is 14.4 Å². The number of benzene rings is 1. The third-order valence-corrected chi connectivity index (χ3v) is 3.83. The maximum absolute atomic E-state index is 13.1. The SMILES string of the molecule is CC(=O)n1c(CCBr)c(C(=O)c2ccc(F)cc2)n(C(C)=O)c1=O. The van der Waals surface area contributed by atoms with Crippen molar-refractivity contribution in [3.63, 3.8) is 0 Å². The number of carbonyl (C=O) groups excluding carboxylic acids is 3. The number of rotatable bonds is 4. The fourth-order valence-electron chi connectivity index (χ4n) is 2.45. The van der Waals surface area contributed by atoms with Gasteiger partial charge in [0.2, 0.25) is 17.6 Å². The molecule has 0 saturated carbocycles. The summed E-state index contributed by atoms with van der Waals surface area (Å²) in [5, 5.41) is 0.380. The molecule has 1 heterocycles. The molecule has 0 aliphatic carbocycles. The van der Waals surface area contributed by atoms with Crippen molar-refractivity contribution >= 4 is 33.5 Å². The number of carbonyl (C=O) groups is 3. The highest BCUT2D eigenvalue weighted by Crippen LogP contribution is 2.17. The zero-order valence-electron chi connectivity index (χ0n) is 13.0. The molecule has 126 valence electrons. The van der Waals surface area contributed by atoms with Crippen LogP contribution >= 0.6 is 15.9 Å². The van der Waals surface area contributed by atoms with E-state index in [1.807, 2.05) is 0 Å². The lowest BCUT2D eigenvalue weighted by Gasteiger charge is -2.07. The highest BCUT2D eigenvalue weighted by molar-refractivity contribution is 9.09. The largest absolute Gasteiger partial charge is 0.342 e. The zero-order chi connectivity index (χ0) is 18.0. The molecule has 0 aliphatic rings. The van der Waals surface area contributed by atoms with Gasteiger partial charge in [-0.25, -0.2) is 18.3 Å². The van der Waals surface area contributed by atoms with Gasteiger partial charge in [-0.1, -0.05) is 15.9 Å². The molecule has 0 bridgehead atoms. The summed E-state index contributed by atoms with van der Waals surface area (Å²) in [6, 6.07) is 4.73. The van der Waals surface area contributed by atoms with Gasteiger partial charge < -0.3 is 0 Å². The Hall–Kier alpha value is -2.35. The number of alkyl halides is 1. The van der Waals surface area contributed by atoms with Gasteiger partial charge in [0.1, 0.15) is 11.5 Å². The van der Waals surface area contributed by atoms with Gasteiger partial charge in [0, 0.05) is 31.2 Å². The van der Waals surface area contributed by atoms with E-state index in [1.165, 1.54) is 19.1 Å². The lowest BCUT2D eigenvalue weighted by Crippen LogP contribution is -2.31. The molecule has 8 heteroatoms. The van der Waals surface area contributed by atoms with Crippen molar-refractivity contribution in [3.05, 3.63) is 57.5 Å². The molecule has 0 atom stereocenters. The molecule has 0 spiro atoms. The smallest absolute Gasteiger partial charge is 0.287 e. The van der Waals surface area contributed by atoms with Crippen LogP contribution in [0.5, 0.6) is 0 Å². The van der Waals surface area contributed by atoms with Crippen molar-refractivity contribution in [2.24, 2.45) is 0 Å². The van der Waals surface area contributed by atoms with Gasteiger partial charge in [0.15, 0.2) is 0 Å². The van der Waals surface area contributed by atoms with Gasteiger partial charge in [-0.2, -0.15) is 0 Å². The normalized spacial score (nSPS) is 10.7. The average Bonchev–Trinajstić information content (AvgIpc) is 2.80. The number of imidazole rings is 1. The van der Waals surface area contributed by atoms with E-state index in [1.54, 1.807) is 0 Å². The fourth-order valence-corrected chi connectivity index (χ4v) is 2.83. The molecule has 2 rings (SSSR count). The number of halogens is 2. The van der Waals surface area contributed by atoms with Crippen LogP contribution in [0, 0.1) is 5.82 Å². The van der Waals surface area contributed by atoms with E-state index in [2.05, 4.69) is 15.9 Å². The van der Waals surface area contributed by atoms with Crippen LogP contribution in [-0.2, 0) is 6.42 Å². The lowest BCUT2D eigenvalue weighted by molar-refractivity contribution is 0.0905. The first-order chi connectivity index (χ1) is 11.3. The molecular weight excluding hydrogens is 383 g/mol. The highest BCUT2D eigenvalue weighted by Gasteiger charge is 2.29. The number of hydrogen-bond donors (Lipinski definition) is 0. The van der Waals surface area contributed by atoms with E-state index in [0.717, 1.165) is 23.6 Å². The first kappa shape index (κ1) is 18.0. The molecule has 0 radical (unpaired) electrons. The Labute approximate surface area is 145 Å². The van der Waals surface area contributed by atoms with Crippen LogP contribution in [0.3, 0.4) is 0 Å². The van der Waals surface area contributed by atoms with E-state index in [-0.39, 0.29) is 23.4 Å². The maximum atomic E-state index is 13.1. The summed E-state index contributed by atoms with van der Waals surface area (Å²) in [7, 11) is 0. The Balaban J connectivity index is 2.79. The molecule has 0 amide bonds. The number of nitrogens with zero attached hydrogens (tertiary/aromatic N) is 2. The zero-order valence-corrected chi connectivity index (χ0v) is 14.6. The number of hydrogen-bond acceptors (Lipinski definition) is 4. The molecule has 0 unspecified atom stereocenters. The molecule has 1 aromatic carbocycles. The second-order valence-corrected chi connectivity index (χ2v) is 5.85. The van der Waals surface area contributed by atoms with Crippen molar-refractivity contribution < 1.29 is 18.8 Å². The van der Waals surface area contributed by atoms with Crippen molar-refractivity contribution in [1.82, 2.24) is 9.13 Å². The molecular formula is C16H14BrFN2O4. The van der Waals surface area contributed by atoms with E-state index in [0.29, 0.717) is 9.90 Å². The summed E-state index contributed by atoms with van der Waals surface area (Å²) in [6.45, 7) is 2.31. The second kappa shape index (κ2) is 7.04. The Morgan fingerprint density at radius 3 is 2.04 bits per heavy atom. The van der Waals surface area contributed by atoms with E-state index in [4.69, 9.17) is 0 Å². The summed E-state index contributed by atoms with van der Waals surface area (Å²) >= 11 is 3.21. The van der Waals surface area contributed by atoms with Crippen LogP contribution in [0.2, 0.25) is 0 Å². The molecule has 0 saturated heterocycles. The lowest BCUT2D eigenvalue weighted by atomic mass is 10.1. The third-order valence-electron chi connectivity index (χ3n) is 3.43. The predicted octanol–water partition coefficient (Wildman–Crippen LogP) is 2.28. The topological polar surface area (TPSA) is 78.1 Å². The van der Waals surface area contributed by atoms with Gasteiger partial charge in [-0.15, -0.1) is 0 Å². The van der Waals surface area contributed by atoms with Crippen molar-refractivity contribution in [2.45, 2.75) is 20.3 Å².